The van der Waals surface area contributed by atoms with Gasteiger partial charge in [-0.3, -0.25) is 0 Å². The van der Waals surface area contributed by atoms with Crippen molar-refractivity contribution in [1.29, 1.82) is 0 Å². The topological polar surface area (TPSA) is 49.7 Å². The fourth-order valence-electron chi connectivity index (χ4n) is 0.654. The number of ether oxygens (including phenoxy) is 1. The van der Waals surface area contributed by atoms with Crippen LogP contribution in [0, 0.1) is 6.29 Å². The SMILES string of the molecule is C=CCOCCCC[C](O)O. The maximum absolute atomic E-state index is 8.37. The summed E-state index contributed by atoms with van der Waals surface area (Å²) in [7, 11) is 0. The number of aliphatic hydroxyl groups is 2. The molecule has 65 valence electrons. The molecule has 0 spiro atoms. The maximum Gasteiger partial charge on any atom is 0.218 e. The van der Waals surface area contributed by atoms with Crippen molar-refractivity contribution in [3.63, 3.8) is 0 Å². The maximum atomic E-state index is 8.37. The van der Waals surface area contributed by atoms with Crippen LogP contribution in [-0.2, 0) is 4.74 Å². The molecule has 0 aliphatic rings. The summed E-state index contributed by atoms with van der Waals surface area (Å²) >= 11 is 0. The third-order valence-corrected chi connectivity index (χ3v) is 1.17. The van der Waals surface area contributed by atoms with Crippen molar-refractivity contribution >= 4 is 0 Å². The molecule has 0 aromatic heterocycles. The quantitative estimate of drug-likeness (QED) is 0.438. The average molecular weight is 159 g/mol. The molecule has 0 atom stereocenters. The van der Waals surface area contributed by atoms with Crippen molar-refractivity contribution < 1.29 is 14.9 Å². The van der Waals surface area contributed by atoms with Crippen LogP contribution in [-0.4, -0.2) is 23.4 Å². The highest BCUT2D eigenvalue weighted by Gasteiger charge is 1.97. The van der Waals surface area contributed by atoms with E-state index >= 15 is 0 Å². The first-order chi connectivity index (χ1) is 5.27. The summed E-state index contributed by atoms with van der Waals surface area (Å²) in [6.07, 6.45) is 3.14. The molecule has 11 heavy (non-hydrogen) atoms. The monoisotopic (exact) mass is 159 g/mol. The van der Waals surface area contributed by atoms with E-state index < -0.39 is 6.29 Å². The van der Waals surface area contributed by atoms with Crippen LogP contribution in [0.5, 0.6) is 0 Å². The highest BCUT2D eigenvalue weighted by molar-refractivity contribution is 4.63. The zero-order chi connectivity index (χ0) is 8.53. The van der Waals surface area contributed by atoms with E-state index in [9.17, 15) is 0 Å². The Kier molecular flexibility index (Phi) is 7.46. The van der Waals surface area contributed by atoms with Crippen LogP contribution in [0.3, 0.4) is 0 Å². The van der Waals surface area contributed by atoms with Gasteiger partial charge in [0, 0.05) is 13.0 Å². The van der Waals surface area contributed by atoms with E-state index in [0.29, 0.717) is 19.6 Å². The van der Waals surface area contributed by atoms with Crippen molar-refractivity contribution in [1.82, 2.24) is 0 Å². The van der Waals surface area contributed by atoms with Gasteiger partial charge in [-0.2, -0.15) is 0 Å². The van der Waals surface area contributed by atoms with E-state index in [1.54, 1.807) is 6.08 Å². The molecule has 0 fully saturated rings. The molecule has 0 aliphatic carbocycles. The van der Waals surface area contributed by atoms with Gasteiger partial charge in [0.05, 0.1) is 6.61 Å². The fraction of sp³-hybridized carbons (Fsp3) is 0.625. The van der Waals surface area contributed by atoms with Gasteiger partial charge in [0.25, 0.3) is 0 Å². The van der Waals surface area contributed by atoms with E-state index in [1.165, 1.54) is 0 Å². The van der Waals surface area contributed by atoms with E-state index in [-0.39, 0.29) is 0 Å². The second-order valence-electron chi connectivity index (χ2n) is 2.24. The van der Waals surface area contributed by atoms with Gasteiger partial charge in [-0.15, -0.1) is 6.58 Å². The van der Waals surface area contributed by atoms with E-state index in [2.05, 4.69) is 6.58 Å². The minimum Gasteiger partial charge on any atom is -0.377 e. The van der Waals surface area contributed by atoms with Gasteiger partial charge < -0.3 is 14.9 Å². The smallest absolute Gasteiger partial charge is 0.218 e. The van der Waals surface area contributed by atoms with Crippen LogP contribution >= 0.6 is 0 Å². The molecule has 0 bridgehead atoms. The van der Waals surface area contributed by atoms with Crippen molar-refractivity contribution in [3.05, 3.63) is 18.9 Å². The number of unbranched alkanes of at least 4 members (excludes halogenated alkanes) is 1. The highest BCUT2D eigenvalue weighted by Crippen LogP contribution is 2.02. The summed E-state index contributed by atoms with van der Waals surface area (Å²) in [5.74, 6) is 0. The zero-order valence-electron chi connectivity index (χ0n) is 6.62. The van der Waals surface area contributed by atoms with Gasteiger partial charge in [0.2, 0.25) is 6.29 Å². The lowest BCUT2D eigenvalue weighted by molar-refractivity contribution is 0.0676. The Hall–Kier alpha value is -0.380. The number of rotatable bonds is 7. The Bertz CT molecular complexity index is 91.3. The van der Waals surface area contributed by atoms with Crippen molar-refractivity contribution in [3.8, 4) is 0 Å². The first-order valence-electron chi connectivity index (χ1n) is 3.69. The van der Waals surface area contributed by atoms with Crippen LogP contribution in [0.15, 0.2) is 12.7 Å². The Labute approximate surface area is 67.3 Å². The molecule has 2 N–H and O–H groups in total. The minimum atomic E-state index is -0.492. The molecule has 0 aromatic carbocycles. The molecule has 0 saturated carbocycles. The average Bonchev–Trinajstić information content (AvgIpc) is 1.96. The van der Waals surface area contributed by atoms with Gasteiger partial charge in [-0.05, 0) is 12.8 Å². The standard InChI is InChI=1S/C8H15O3/c1-2-6-11-7-4-3-5-8(9)10/h2,9-10H,1,3-7H2. The first-order valence-corrected chi connectivity index (χ1v) is 3.69. The lowest BCUT2D eigenvalue weighted by Crippen LogP contribution is -1.97. The predicted molar refractivity (Wildman–Crippen MR) is 42.0 cm³/mol. The number of aliphatic hydroxyl groups excluding tert-OH is 1. The molecule has 0 aliphatic heterocycles. The molecule has 0 saturated heterocycles. The van der Waals surface area contributed by atoms with Crippen LogP contribution in [0.4, 0.5) is 0 Å². The molecular weight excluding hydrogens is 144 g/mol. The molecule has 0 rings (SSSR count). The Morgan fingerprint density at radius 1 is 1.36 bits per heavy atom. The Morgan fingerprint density at radius 3 is 2.64 bits per heavy atom. The molecule has 3 heteroatoms. The van der Waals surface area contributed by atoms with Crippen LogP contribution in [0.1, 0.15) is 19.3 Å². The summed E-state index contributed by atoms with van der Waals surface area (Å²) in [5, 5.41) is 16.7. The minimum absolute atomic E-state index is 0.345. The van der Waals surface area contributed by atoms with E-state index in [4.69, 9.17) is 14.9 Å². The van der Waals surface area contributed by atoms with Crippen molar-refractivity contribution in [2.45, 2.75) is 19.3 Å². The zero-order valence-corrected chi connectivity index (χ0v) is 6.62. The molecule has 0 aromatic rings. The summed E-state index contributed by atoms with van der Waals surface area (Å²) < 4.78 is 5.07. The van der Waals surface area contributed by atoms with Crippen molar-refractivity contribution in [2.24, 2.45) is 0 Å². The normalized spacial score (nSPS) is 10.5. The Morgan fingerprint density at radius 2 is 2.09 bits per heavy atom. The molecular formula is C8H15O3. The third kappa shape index (κ3) is 9.62. The van der Waals surface area contributed by atoms with Gasteiger partial charge >= 0.3 is 0 Å². The number of hydrogen-bond donors (Lipinski definition) is 2. The van der Waals surface area contributed by atoms with Gasteiger partial charge in [0.1, 0.15) is 0 Å². The van der Waals surface area contributed by atoms with Crippen molar-refractivity contribution in [2.75, 3.05) is 13.2 Å². The molecule has 1 radical (unpaired) electrons. The molecule has 0 heterocycles. The highest BCUT2D eigenvalue weighted by atomic mass is 16.5. The third-order valence-electron chi connectivity index (χ3n) is 1.17. The summed E-state index contributed by atoms with van der Waals surface area (Å²) in [6, 6.07) is 0. The molecule has 0 amide bonds. The molecule has 0 unspecified atom stereocenters. The lowest BCUT2D eigenvalue weighted by atomic mass is 10.2. The van der Waals surface area contributed by atoms with Gasteiger partial charge in [-0.1, -0.05) is 6.08 Å². The lowest BCUT2D eigenvalue weighted by Gasteiger charge is -2.01. The predicted octanol–water partition coefficient (Wildman–Crippen LogP) is 1.59. The van der Waals surface area contributed by atoms with Gasteiger partial charge in [-0.25, -0.2) is 0 Å². The second kappa shape index (κ2) is 7.72. The summed E-state index contributed by atoms with van der Waals surface area (Å²) in [5.41, 5.74) is 0. The Balaban J connectivity index is 2.85. The number of hydrogen-bond acceptors (Lipinski definition) is 3. The largest absolute Gasteiger partial charge is 0.377 e. The second-order valence-corrected chi connectivity index (χ2v) is 2.24. The van der Waals surface area contributed by atoms with E-state index in [1.807, 2.05) is 0 Å². The van der Waals surface area contributed by atoms with Gasteiger partial charge in [0.15, 0.2) is 0 Å². The summed E-state index contributed by atoms with van der Waals surface area (Å²) in [6.45, 7) is 4.71. The summed E-state index contributed by atoms with van der Waals surface area (Å²) in [4.78, 5) is 0. The van der Waals surface area contributed by atoms with E-state index in [0.717, 1.165) is 12.8 Å². The first kappa shape index (κ1) is 10.6. The fourth-order valence-corrected chi connectivity index (χ4v) is 0.654. The molecule has 3 nitrogen and oxygen atoms in total. The van der Waals surface area contributed by atoms with Crippen LogP contribution in [0.2, 0.25) is 0 Å². The van der Waals surface area contributed by atoms with Crippen LogP contribution in [0.25, 0.3) is 0 Å². The van der Waals surface area contributed by atoms with Crippen LogP contribution < -0.4 is 0 Å².